The van der Waals surface area contributed by atoms with Crippen molar-refractivity contribution >= 4 is 17.6 Å². The second kappa shape index (κ2) is 8.56. The number of rotatable bonds is 4. The van der Waals surface area contributed by atoms with E-state index in [4.69, 9.17) is 5.11 Å². The minimum Gasteiger partial charge on any atom is -0.481 e. The van der Waals surface area contributed by atoms with E-state index in [9.17, 15) is 19.7 Å². The van der Waals surface area contributed by atoms with Gasteiger partial charge in [0.1, 0.15) is 5.69 Å². The van der Waals surface area contributed by atoms with Crippen LogP contribution in [0.3, 0.4) is 0 Å². The first kappa shape index (κ1) is 16.5. The third-order valence-electron chi connectivity index (χ3n) is 1.73. The highest BCUT2D eigenvalue weighted by molar-refractivity contribution is 5.71. The van der Waals surface area contributed by atoms with Gasteiger partial charge < -0.3 is 9.84 Å². The average molecular weight is 270 g/mol. The van der Waals surface area contributed by atoms with Crippen LogP contribution < -0.4 is 0 Å². The lowest BCUT2D eigenvalue weighted by molar-refractivity contribution is -0.385. The number of aromatic nitrogens is 1. The van der Waals surface area contributed by atoms with Gasteiger partial charge in [-0.3, -0.25) is 24.7 Å². The van der Waals surface area contributed by atoms with Gasteiger partial charge in [-0.2, -0.15) is 0 Å². The van der Waals surface area contributed by atoms with Crippen LogP contribution in [0, 0.1) is 10.1 Å². The normalized spacial score (nSPS) is 8.95. The largest absolute Gasteiger partial charge is 0.481 e. The fourth-order valence-electron chi connectivity index (χ4n) is 1.08. The number of carbonyl (C=O) groups is 2. The van der Waals surface area contributed by atoms with Crippen LogP contribution in [0.5, 0.6) is 0 Å². The summed E-state index contributed by atoms with van der Waals surface area (Å²) >= 11 is 0. The summed E-state index contributed by atoms with van der Waals surface area (Å²) in [7, 11) is 0. The van der Waals surface area contributed by atoms with Gasteiger partial charge in [0, 0.05) is 19.2 Å². The predicted octanol–water partition coefficient (Wildman–Crippen LogP) is 1.19. The van der Waals surface area contributed by atoms with Crippen molar-refractivity contribution in [2.75, 3.05) is 6.61 Å². The Hall–Kier alpha value is -2.51. The summed E-state index contributed by atoms with van der Waals surface area (Å²) in [5.41, 5.74) is -0.287. The molecule has 8 nitrogen and oxygen atoms in total. The number of pyridine rings is 1. The molecular weight excluding hydrogens is 256 g/mol. The smallest absolute Gasteiger partial charge is 0.309 e. The molecule has 0 spiro atoms. The number of hydrogen-bond acceptors (Lipinski definition) is 6. The predicted molar refractivity (Wildman–Crippen MR) is 64.5 cm³/mol. The van der Waals surface area contributed by atoms with E-state index < -0.39 is 17.3 Å². The summed E-state index contributed by atoms with van der Waals surface area (Å²) in [5.74, 6) is -1.35. The van der Waals surface area contributed by atoms with Crippen molar-refractivity contribution < 1.29 is 24.4 Å². The highest BCUT2D eigenvalue weighted by Gasteiger charge is 2.15. The van der Waals surface area contributed by atoms with Crippen LogP contribution in [0.15, 0.2) is 18.3 Å². The molecule has 0 aliphatic carbocycles. The zero-order valence-electron chi connectivity index (χ0n) is 10.5. The monoisotopic (exact) mass is 270 g/mol. The van der Waals surface area contributed by atoms with Crippen LogP contribution in [-0.4, -0.2) is 33.6 Å². The van der Waals surface area contributed by atoms with Gasteiger partial charge >= 0.3 is 11.9 Å². The van der Waals surface area contributed by atoms with Crippen LogP contribution in [0.4, 0.5) is 5.69 Å². The number of ether oxygens (including phenoxy) is 1. The van der Waals surface area contributed by atoms with Crippen molar-refractivity contribution in [2.24, 2.45) is 0 Å². The van der Waals surface area contributed by atoms with Crippen LogP contribution >= 0.6 is 0 Å². The number of hydrogen-bond donors (Lipinski definition) is 1. The fourth-order valence-corrected chi connectivity index (χ4v) is 1.08. The number of aliphatic carboxylic acids is 1. The summed E-state index contributed by atoms with van der Waals surface area (Å²) in [6.45, 7) is 3.65. The fraction of sp³-hybridized carbons (Fsp3) is 0.364. The Labute approximate surface area is 109 Å². The van der Waals surface area contributed by atoms with Crippen LogP contribution in [-0.2, 0) is 20.7 Å². The van der Waals surface area contributed by atoms with Crippen LogP contribution in [0.25, 0.3) is 0 Å². The maximum atomic E-state index is 10.4. The van der Waals surface area contributed by atoms with E-state index in [1.165, 1.54) is 25.3 Å². The molecule has 0 amide bonds. The van der Waals surface area contributed by atoms with E-state index in [1.807, 2.05) is 0 Å². The van der Waals surface area contributed by atoms with Gasteiger partial charge in [-0.25, -0.2) is 0 Å². The first-order chi connectivity index (χ1) is 8.88. The van der Waals surface area contributed by atoms with Crippen molar-refractivity contribution in [2.45, 2.75) is 20.3 Å². The minimum absolute atomic E-state index is 0.0278. The maximum Gasteiger partial charge on any atom is 0.309 e. The van der Waals surface area contributed by atoms with Crippen molar-refractivity contribution in [3.63, 3.8) is 0 Å². The molecule has 0 aromatic carbocycles. The molecule has 1 rings (SSSR count). The molecule has 8 heteroatoms. The molecule has 0 unspecified atom stereocenters. The summed E-state index contributed by atoms with van der Waals surface area (Å²) in [6.07, 6.45) is 0.891. The Morgan fingerprint density at radius 3 is 2.53 bits per heavy atom. The summed E-state index contributed by atoms with van der Waals surface area (Å²) in [5, 5.41) is 18.8. The lowest BCUT2D eigenvalue weighted by Crippen LogP contribution is -2.05. The lowest BCUT2D eigenvalue weighted by atomic mass is 10.2. The maximum absolute atomic E-state index is 10.4. The minimum atomic E-state index is -1.14. The lowest BCUT2D eigenvalue weighted by Gasteiger charge is -1.96. The van der Waals surface area contributed by atoms with E-state index in [2.05, 4.69) is 9.72 Å². The van der Waals surface area contributed by atoms with Crippen molar-refractivity contribution in [3.05, 3.63) is 34.1 Å². The molecule has 0 aliphatic rings. The van der Waals surface area contributed by atoms with E-state index in [0.29, 0.717) is 6.61 Å². The number of carboxylic acid groups (broad SMARTS) is 1. The topological polar surface area (TPSA) is 120 Å². The molecule has 0 atom stereocenters. The zero-order valence-corrected chi connectivity index (χ0v) is 10.5. The second-order valence-electron chi connectivity index (χ2n) is 3.22. The van der Waals surface area contributed by atoms with E-state index in [0.717, 1.165) is 0 Å². The first-order valence-electron chi connectivity index (χ1n) is 5.31. The summed E-state index contributed by atoms with van der Waals surface area (Å²) in [4.78, 5) is 33.4. The zero-order chi connectivity index (χ0) is 14.8. The first-order valence-corrected chi connectivity index (χ1v) is 5.31. The molecular formula is C11H14N2O6. The number of carboxylic acids is 1. The van der Waals surface area contributed by atoms with Gasteiger partial charge in [0.05, 0.1) is 18.0 Å². The Morgan fingerprint density at radius 2 is 2.16 bits per heavy atom. The molecule has 1 heterocycles. The van der Waals surface area contributed by atoms with Crippen molar-refractivity contribution in [1.29, 1.82) is 0 Å². The quantitative estimate of drug-likeness (QED) is 0.495. The van der Waals surface area contributed by atoms with Crippen LogP contribution in [0.2, 0.25) is 0 Å². The number of esters is 1. The van der Waals surface area contributed by atoms with E-state index >= 15 is 0 Å². The van der Waals surface area contributed by atoms with Crippen LogP contribution in [0.1, 0.15) is 19.5 Å². The molecule has 1 N–H and O–H groups in total. The third kappa shape index (κ3) is 7.42. The number of nitro groups is 1. The molecule has 19 heavy (non-hydrogen) atoms. The highest BCUT2D eigenvalue weighted by Crippen LogP contribution is 2.14. The summed E-state index contributed by atoms with van der Waals surface area (Å²) in [6, 6.07) is 2.62. The SMILES string of the molecule is CCOC(C)=O.O=C(O)Cc1ncccc1[N+](=O)[O-]. The van der Waals surface area contributed by atoms with Gasteiger partial charge in [0.25, 0.3) is 5.69 Å². The van der Waals surface area contributed by atoms with Gasteiger partial charge in [-0.1, -0.05) is 0 Å². The molecule has 0 fully saturated rings. The highest BCUT2D eigenvalue weighted by atomic mass is 16.6. The Balaban J connectivity index is 0.000000459. The van der Waals surface area contributed by atoms with Gasteiger partial charge in [-0.05, 0) is 13.0 Å². The molecule has 0 saturated heterocycles. The summed E-state index contributed by atoms with van der Waals surface area (Å²) < 4.78 is 4.40. The van der Waals surface area contributed by atoms with Crippen molar-refractivity contribution in [1.82, 2.24) is 4.98 Å². The number of carbonyl (C=O) groups excluding carboxylic acids is 1. The second-order valence-corrected chi connectivity index (χ2v) is 3.22. The standard InChI is InChI=1S/C7H6N2O4.C4H8O2/c10-7(11)4-5-6(9(12)13)2-1-3-8-5;1-3-6-4(2)5/h1-3H,4H2,(H,10,11);3H2,1-2H3. The molecule has 0 saturated carbocycles. The Kier molecular flexibility index (Phi) is 7.43. The van der Waals surface area contributed by atoms with Gasteiger partial charge in [0.15, 0.2) is 0 Å². The Morgan fingerprint density at radius 1 is 1.53 bits per heavy atom. The van der Waals surface area contributed by atoms with Gasteiger partial charge in [-0.15, -0.1) is 0 Å². The molecule has 0 radical (unpaired) electrons. The third-order valence-corrected chi connectivity index (χ3v) is 1.73. The average Bonchev–Trinajstić information content (AvgIpc) is 2.29. The number of nitrogens with zero attached hydrogens (tertiary/aromatic N) is 2. The molecule has 1 aromatic rings. The van der Waals surface area contributed by atoms with E-state index in [-0.39, 0.29) is 17.4 Å². The Bertz CT molecular complexity index is 460. The van der Waals surface area contributed by atoms with Gasteiger partial charge in [0.2, 0.25) is 0 Å². The van der Waals surface area contributed by atoms with Crippen molar-refractivity contribution in [3.8, 4) is 0 Å². The molecule has 0 aliphatic heterocycles. The molecule has 104 valence electrons. The molecule has 1 aromatic heterocycles. The molecule has 0 bridgehead atoms. The van der Waals surface area contributed by atoms with E-state index in [1.54, 1.807) is 6.92 Å².